The number of aromatic nitrogens is 2. The SMILES string of the molecule is CN(Cc1nnc(-c2ccccc2)o1)S(C)(=O)=O. The molecular formula is C11H13N3O3S. The van der Waals surface area contributed by atoms with E-state index < -0.39 is 10.0 Å². The van der Waals surface area contributed by atoms with E-state index in [1.165, 1.54) is 7.05 Å². The van der Waals surface area contributed by atoms with Gasteiger partial charge in [-0.15, -0.1) is 10.2 Å². The first kappa shape index (κ1) is 12.7. The van der Waals surface area contributed by atoms with Crippen LogP contribution < -0.4 is 0 Å². The molecule has 0 aliphatic rings. The van der Waals surface area contributed by atoms with Gasteiger partial charge in [0.15, 0.2) is 0 Å². The Kier molecular flexibility index (Phi) is 3.44. The van der Waals surface area contributed by atoms with Gasteiger partial charge in [0.25, 0.3) is 0 Å². The third-order valence-electron chi connectivity index (χ3n) is 2.41. The van der Waals surface area contributed by atoms with Crippen molar-refractivity contribution in [2.75, 3.05) is 13.3 Å². The average molecular weight is 267 g/mol. The zero-order chi connectivity index (χ0) is 13.2. The number of hydrogen-bond acceptors (Lipinski definition) is 5. The summed E-state index contributed by atoms with van der Waals surface area (Å²) in [6.07, 6.45) is 1.13. The van der Waals surface area contributed by atoms with Crippen molar-refractivity contribution in [2.45, 2.75) is 6.54 Å². The van der Waals surface area contributed by atoms with Crippen LogP contribution in [0.15, 0.2) is 34.7 Å². The zero-order valence-corrected chi connectivity index (χ0v) is 10.9. The van der Waals surface area contributed by atoms with Gasteiger partial charge in [-0.2, -0.15) is 4.31 Å². The topological polar surface area (TPSA) is 76.3 Å². The Morgan fingerprint density at radius 1 is 1.22 bits per heavy atom. The lowest BCUT2D eigenvalue weighted by Gasteiger charge is -2.10. The molecule has 0 amide bonds. The van der Waals surface area contributed by atoms with E-state index in [0.717, 1.165) is 16.1 Å². The maximum Gasteiger partial charge on any atom is 0.247 e. The van der Waals surface area contributed by atoms with E-state index in [1.807, 2.05) is 30.3 Å². The van der Waals surface area contributed by atoms with Gasteiger partial charge >= 0.3 is 0 Å². The molecule has 0 unspecified atom stereocenters. The molecule has 0 atom stereocenters. The van der Waals surface area contributed by atoms with E-state index in [9.17, 15) is 8.42 Å². The Bertz CT molecular complexity index is 622. The number of hydrogen-bond donors (Lipinski definition) is 0. The Balaban J connectivity index is 2.17. The van der Waals surface area contributed by atoms with Crippen molar-refractivity contribution in [3.8, 4) is 11.5 Å². The van der Waals surface area contributed by atoms with Crippen LogP contribution >= 0.6 is 0 Å². The summed E-state index contributed by atoms with van der Waals surface area (Å²) in [5.41, 5.74) is 0.804. The van der Waals surface area contributed by atoms with Crippen molar-refractivity contribution in [3.05, 3.63) is 36.2 Å². The van der Waals surface area contributed by atoms with Crippen LogP contribution in [0.3, 0.4) is 0 Å². The first-order chi connectivity index (χ1) is 8.47. The normalized spacial score (nSPS) is 11.9. The summed E-state index contributed by atoms with van der Waals surface area (Å²) < 4.78 is 29.1. The van der Waals surface area contributed by atoms with Gasteiger partial charge < -0.3 is 4.42 Å². The molecule has 1 aromatic carbocycles. The highest BCUT2D eigenvalue weighted by atomic mass is 32.2. The van der Waals surface area contributed by atoms with Gasteiger partial charge in [0.2, 0.25) is 21.8 Å². The highest BCUT2D eigenvalue weighted by molar-refractivity contribution is 7.88. The summed E-state index contributed by atoms with van der Waals surface area (Å²) in [7, 11) is -1.79. The minimum atomic E-state index is -3.25. The maximum absolute atomic E-state index is 11.2. The molecule has 18 heavy (non-hydrogen) atoms. The Morgan fingerprint density at radius 3 is 2.50 bits per heavy atom. The molecule has 0 saturated carbocycles. The van der Waals surface area contributed by atoms with Gasteiger partial charge in [-0.25, -0.2) is 8.42 Å². The van der Waals surface area contributed by atoms with Gasteiger partial charge in [0.05, 0.1) is 12.8 Å². The van der Waals surface area contributed by atoms with E-state index in [0.29, 0.717) is 5.89 Å². The lowest BCUT2D eigenvalue weighted by atomic mass is 10.2. The second-order valence-electron chi connectivity index (χ2n) is 3.89. The van der Waals surface area contributed by atoms with Crippen LogP contribution in [-0.4, -0.2) is 36.2 Å². The fourth-order valence-corrected chi connectivity index (χ4v) is 1.67. The number of rotatable bonds is 4. The van der Waals surface area contributed by atoms with Crippen LogP contribution in [0.4, 0.5) is 0 Å². The largest absolute Gasteiger partial charge is 0.419 e. The van der Waals surface area contributed by atoms with Crippen molar-refractivity contribution in [2.24, 2.45) is 0 Å². The molecule has 96 valence electrons. The van der Waals surface area contributed by atoms with Gasteiger partial charge in [0, 0.05) is 12.6 Å². The molecule has 1 aromatic heterocycles. The third-order valence-corrected chi connectivity index (χ3v) is 3.67. The number of sulfonamides is 1. The third kappa shape index (κ3) is 2.93. The molecule has 0 spiro atoms. The first-order valence-corrected chi connectivity index (χ1v) is 7.11. The second-order valence-corrected chi connectivity index (χ2v) is 5.98. The molecule has 7 heteroatoms. The van der Waals surface area contributed by atoms with Crippen LogP contribution in [0.25, 0.3) is 11.5 Å². The van der Waals surface area contributed by atoms with Gasteiger partial charge in [-0.05, 0) is 12.1 Å². The predicted octanol–water partition coefficient (Wildman–Crippen LogP) is 1.13. The summed E-state index contributed by atoms with van der Waals surface area (Å²) >= 11 is 0. The van der Waals surface area contributed by atoms with E-state index in [4.69, 9.17) is 4.42 Å². The lowest BCUT2D eigenvalue weighted by molar-refractivity contribution is 0.402. The second kappa shape index (κ2) is 4.87. The van der Waals surface area contributed by atoms with Crippen LogP contribution in [0.1, 0.15) is 5.89 Å². The molecule has 0 aliphatic carbocycles. The number of nitrogens with zero attached hydrogens (tertiary/aromatic N) is 3. The Labute approximate surface area is 105 Å². The monoisotopic (exact) mass is 267 g/mol. The van der Waals surface area contributed by atoms with Crippen molar-refractivity contribution in [1.29, 1.82) is 0 Å². The van der Waals surface area contributed by atoms with E-state index in [1.54, 1.807) is 0 Å². The molecular weight excluding hydrogens is 254 g/mol. The smallest absolute Gasteiger partial charge is 0.247 e. The molecule has 0 fully saturated rings. The molecule has 0 N–H and O–H groups in total. The standard InChI is InChI=1S/C11H13N3O3S/c1-14(18(2,15)16)8-10-12-13-11(17-10)9-6-4-3-5-7-9/h3-7H,8H2,1-2H3. The fourth-order valence-electron chi connectivity index (χ4n) is 1.32. The van der Waals surface area contributed by atoms with Crippen molar-refractivity contribution >= 4 is 10.0 Å². The zero-order valence-electron chi connectivity index (χ0n) is 10.1. The van der Waals surface area contributed by atoms with Crippen LogP contribution in [0.2, 0.25) is 0 Å². The van der Waals surface area contributed by atoms with Crippen LogP contribution in [0.5, 0.6) is 0 Å². The van der Waals surface area contributed by atoms with Crippen molar-refractivity contribution in [1.82, 2.24) is 14.5 Å². The molecule has 6 nitrogen and oxygen atoms in total. The van der Waals surface area contributed by atoms with Gasteiger partial charge in [0.1, 0.15) is 0 Å². The summed E-state index contributed by atoms with van der Waals surface area (Å²) in [6, 6.07) is 9.30. The first-order valence-electron chi connectivity index (χ1n) is 5.26. The van der Waals surface area contributed by atoms with E-state index >= 15 is 0 Å². The fraction of sp³-hybridized carbons (Fsp3) is 0.273. The molecule has 1 heterocycles. The summed E-state index contributed by atoms with van der Waals surface area (Å²) in [5.74, 6) is 0.647. The van der Waals surface area contributed by atoms with Gasteiger partial charge in [-0.1, -0.05) is 18.2 Å². The molecule has 0 aliphatic heterocycles. The molecule has 2 rings (SSSR count). The van der Waals surface area contributed by atoms with E-state index in [2.05, 4.69) is 10.2 Å². The highest BCUT2D eigenvalue weighted by Crippen LogP contribution is 2.17. The minimum absolute atomic E-state index is 0.0681. The van der Waals surface area contributed by atoms with E-state index in [-0.39, 0.29) is 12.4 Å². The van der Waals surface area contributed by atoms with Crippen LogP contribution in [-0.2, 0) is 16.6 Å². The molecule has 2 aromatic rings. The maximum atomic E-state index is 11.2. The highest BCUT2D eigenvalue weighted by Gasteiger charge is 2.16. The Hall–Kier alpha value is -1.73. The average Bonchev–Trinajstić information content (AvgIpc) is 2.77. The van der Waals surface area contributed by atoms with Gasteiger partial charge in [-0.3, -0.25) is 0 Å². The molecule has 0 radical (unpaired) electrons. The van der Waals surface area contributed by atoms with Crippen molar-refractivity contribution < 1.29 is 12.8 Å². The minimum Gasteiger partial charge on any atom is -0.419 e. The summed E-state index contributed by atoms with van der Waals surface area (Å²) in [6.45, 7) is 0.0681. The molecule has 0 saturated heterocycles. The lowest BCUT2D eigenvalue weighted by Crippen LogP contribution is -2.25. The number of benzene rings is 1. The van der Waals surface area contributed by atoms with Crippen LogP contribution in [0, 0.1) is 0 Å². The quantitative estimate of drug-likeness (QED) is 0.830. The predicted molar refractivity (Wildman–Crippen MR) is 66.0 cm³/mol. The molecule has 0 bridgehead atoms. The summed E-state index contributed by atoms with van der Waals surface area (Å²) in [5, 5.41) is 7.71. The Morgan fingerprint density at radius 2 is 1.89 bits per heavy atom. The van der Waals surface area contributed by atoms with Crippen molar-refractivity contribution in [3.63, 3.8) is 0 Å². The summed E-state index contributed by atoms with van der Waals surface area (Å²) in [4.78, 5) is 0.